The summed E-state index contributed by atoms with van der Waals surface area (Å²) in [6.07, 6.45) is -7.30. The number of aliphatic hydroxyl groups excluding tert-OH is 1. The van der Waals surface area contributed by atoms with E-state index < -0.39 is 61.5 Å². The van der Waals surface area contributed by atoms with Crippen LogP contribution < -0.4 is 20.9 Å². The number of aromatic nitrogens is 2. The van der Waals surface area contributed by atoms with Crippen molar-refractivity contribution in [2.24, 2.45) is 0 Å². The third-order valence-corrected chi connectivity index (χ3v) is 6.83. The van der Waals surface area contributed by atoms with E-state index in [0.717, 1.165) is 19.4 Å². The Hall–Kier alpha value is -2.90. The molecule has 1 aromatic carbocycles. The first-order valence-corrected chi connectivity index (χ1v) is 11.8. The molecule has 35 heavy (non-hydrogen) atoms. The summed E-state index contributed by atoms with van der Waals surface area (Å²) in [7, 11) is -3.34. The molecule has 6 atom stereocenters. The Labute approximate surface area is 197 Å². The first kappa shape index (κ1) is 26.7. The van der Waals surface area contributed by atoms with Crippen LogP contribution in [0.25, 0.3) is 0 Å². The molecule has 0 spiro atoms. The highest BCUT2D eigenvalue weighted by Crippen LogP contribution is 2.50. The molecular formula is C20H24F2N3O9P. The topological polar surface area (TPSA) is 158 Å². The van der Waals surface area contributed by atoms with Crippen molar-refractivity contribution in [2.45, 2.75) is 50.4 Å². The summed E-state index contributed by atoms with van der Waals surface area (Å²) in [4.78, 5) is 36.9. The minimum atomic E-state index is -4.45. The van der Waals surface area contributed by atoms with Gasteiger partial charge in [0.25, 0.3) is 5.56 Å². The van der Waals surface area contributed by atoms with Crippen LogP contribution in [0.5, 0.6) is 5.75 Å². The van der Waals surface area contributed by atoms with Gasteiger partial charge in [0.05, 0.1) is 13.2 Å². The Bertz CT molecular complexity index is 1210. The van der Waals surface area contributed by atoms with Gasteiger partial charge in [0, 0.05) is 12.3 Å². The second-order valence-electron chi connectivity index (χ2n) is 7.68. The maximum atomic E-state index is 14.9. The number of aromatic amines is 1. The fourth-order valence-electron chi connectivity index (χ4n) is 3.35. The smallest absolute Gasteiger partial charge is 0.459 e. The fourth-order valence-corrected chi connectivity index (χ4v) is 5.05. The van der Waals surface area contributed by atoms with Crippen LogP contribution in [0.3, 0.4) is 0 Å². The van der Waals surface area contributed by atoms with E-state index in [-0.39, 0.29) is 5.75 Å². The molecule has 12 nitrogen and oxygen atoms in total. The highest BCUT2D eigenvalue weighted by atomic mass is 31.2. The summed E-state index contributed by atoms with van der Waals surface area (Å²) in [5.41, 5.74) is -2.00. The summed E-state index contributed by atoms with van der Waals surface area (Å²) in [5.74, 6) is -4.73. The third-order valence-electron chi connectivity index (χ3n) is 5.07. The second-order valence-corrected chi connectivity index (χ2v) is 9.32. The number of carbonyl (C=O) groups excluding carboxylic acids is 1. The largest absolute Gasteiger partial charge is 0.468 e. The molecule has 1 aliphatic heterocycles. The SMILES string of the molecule is COC(=O)C(C)NP(=O)(Oc1ccccc1)OC(C)[C@H]1O[C@@H](n2ccc(=O)[nH]c2=O)C(F)(F)[C@@H]1O. The minimum absolute atomic E-state index is 0.0727. The molecule has 15 heteroatoms. The molecule has 0 saturated carbocycles. The highest BCUT2D eigenvalue weighted by molar-refractivity contribution is 7.52. The molecule has 3 rings (SSSR count). The van der Waals surface area contributed by atoms with E-state index in [1.807, 2.05) is 4.98 Å². The van der Waals surface area contributed by atoms with Crippen molar-refractivity contribution in [2.75, 3.05) is 7.11 Å². The van der Waals surface area contributed by atoms with Crippen LogP contribution in [0.2, 0.25) is 0 Å². The van der Waals surface area contributed by atoms with E-state index in [1.54, 1.807) is 18.2 Å². The van der Waals surface area contributed by atoms with Crippen LogP contribution in [0.1, 0.15) is 20.1 Å². The maximum Gasteiger partial charge on any atom is 0.459 e. The number of alkyl halides is 2. The molecule has 3 unspecified atom stereocenters. The molecule has 1 saturated heterocycles. The number of aliphatic hydroxyl groups is 1. The van der Waals surface area contributed by atoms with Gasteiger partial charge in [-0.2, -0.15) is 13.9 Å². The number of nitrogens with zero attached hydrogens (tertiary/aromatic N) is 1. The van der Waals surface area contributed by atoms with Crippen molar-refractivity contribution in [3.63, 3.8) is 0 Å². The molecule has 0 radical (unpaired) electrons. The normalized spacial score (nSPS) is 24.8. The van der Waals surface area contributed by atoms with E-state index >= 15 is 0 Å². The Kier molecular flexibility index (Phi) is 7.92. The number of esters is 1. The van der Waals surface area contributed by atoms with Gasteiger partial charge in [-0.1, -0.05) is 18.2 Å². The van der Waals surface area contributed by atoms with Crippen LogP contribution in [0, 0.1) is 0 Å². The lowest BCUT2D eigenvalue weighted by molar-refractivity contribution is -0.142. The first-order chi connectivity index (χ1) is 16.4. The number of ether oxygens (including phenoxy) is 2. The average molecular weight is 519 g/mol. The zero-order valence-corrected chi connectivity index (χ0v) is 19.7. The van der Waals surface area contributed by atoms with Gasteiger partial charge < -0.3 is 19.1 Å². The number of hydrogen-bond donors (Lipinski definition) is 3. The first-order valence-electron chi connectivity index (χ1n) is 10.3. The van der Waals surface area contributed by atoms with E-state index in [2.05, 4.69) is 9.82 Å². The van der Waals surface area contributed by atoms with E-state index in [1.165, 1.54) is 26.0 Å². The predicted molar refractivity (Wildman–Crippen MR) is 116 cm³/mol. The number of nitrogens with one attached hydrogen (secondary N) is 2. The molecule has 2 aromatic rings. The van der Waals surface area contributed by atoms with Gasteiger partial charge in [-0.25, -0.2) is 9.36 Å². The number of rotatable bonds is 9. The Balaban J connectivity index is 1.87. The van der Waals surface area contributed by atoms with Crippen molar-refractivity contribution in [1.29, 1.82) is 0 Å². The number of para-hydroxylation sites is 1. The van der Waals surface area contributed by atoms with Crippen molar-refractivity contribution in [3.05, 3.63) is 63.4 Å². The molecule has 1 aromatic heterocycles. The standard InChI is InChI=1S/C20H24F2N3O9P/c1-11(17(28)31-3)24-35(30,34-13-7-5-4-6-8-13)33-12(2)15-16(27)20(21,22)18(32-15)25-10-9-14(26)23-19(25)29/h4-12,15-16,18,27H,1-3H3,(H,24,30)(H,23,26,29)/t11?,12?,15-,16-,18-,35?/m1/s1. The van der Waals surface area contributed by atoms with Crippen molar-refractivity contribution < 1.29 is 41.8 Å². The molecule has 192 valence electrons. The van der Waals surface area contributed by atoms with Crippen molar-refractivity contribution in [3.8, 4) is 5.75 Å². The van der Waals surface area contributed by atoms with Crippen molar-refractivity contribution >= 4 is 13.7 Å². The summed E-state index contributed by atoms with van der Waals surface area (Å²) >= 11 is 0. The number of benzene rings is 1. The van der Waals surface area contributed by atoms with Gasteiger partial charge in [0.1, 0.15) is 17.9 Å². The minimum Gasteiger partial charge on any atom is -0.468 e. The lowest BCUT2D eigenvalue weighted by Crippen LogP contribution is -2.44. The molecule has 1 aliphatic rings. The van der Waals surface area contributed by atoms with Crippen molar-refractivity contribution in [1.82, 2.24) is 14.6 Å². The summed E-state index contributed by atoms with van der Waals surface area (Å²) < 4.78 is 64.3. The third kappa shape index (κ3) is 5.85. The average Bonchev–Trinajstić information content (AvgIpc) is 3.02. The van der Waals surface area contributed by atoms with E-state index in [4.69, 9.17) is 13.8 Å². The number of halogens is 2. The highest BCUT2D eigenvalue weighted by Gasteiger charge is 2.61. The molecule has 0 aliphatic carbocycles. The summed E-state index contributed by atoms with van der Waals surface area (Å²) in [6, 6.07) is 7.34. The Morgan fingerprint density at radius 3 is 2.51 bits per heavy atom. The molecule has 0 amide bonds. The molecule has 3 N–H and O–H groups in total. The maximum absolute atomic E-state index is 14.9. The number of hydrogen-bond acceptors (Lipinski definition) is 9. The monoisotopic (exact) mass is 519 g/mol. The van der Waals surface area contributed by atoms with Gasteiger partial charge in [0.2, 0.25) is 6.23 Å². The van der Waals surface area contributed by atoms with Crippen LogP contribution in [-0.2, 0) is 23.4 Å². The zero-order chi connectivity index (χ0) is 26.0. The predicted octanol–water partition coefficient (Wildman–Crippen LogP) is 1.17. The van der Waals surface area contributed by atoms with Crippen LogP contribution in [0.15, 0.2) is 52.2 Å². The van der Waals surface area contributed by atoms with Crippen LogP contribution in [-0.4, -0.2) is 58.0 Å². The van der Waals surface area contributed by atoms with E-state index in [0.29, 0.717) is 4.57 Å². The molecule has 2 heterocycles. The van der Waals surface area contributed by atoms with Crippen LogP contribution >= 0.6 is 7.75 Å². The fraction of sp³-hybridized carbons (Fsp3) is 0.450. The molecular weight excluding hydrogens is 495 g/mol. The number of carbonyl (C=O) groups is 1. The molecule has 0 bridgehead atoms. The Morgan fingerprint density at radius 2 is 1.91 bits per heavy atom. The number of methoxy groups -OCH3 is 1. The van der Waals surface area contributed by atoms with Gasteiger partial charge in [0.15, 0.2) is 6.10 Å². The van der Waals surface area contributed by atoms with Crippen LogP contribution in [0.4, 0.5) is 8.78 Å². The summed E-state index contributed by atoms with van der Waals surface area (Å²) in [5, 5.41) is 12.6. The summed E-state index contributed by atoms with van der Waals surface area (Å²) in [6.45, 7) is 2.50. The number of H-pyrrole nitrogens is 1. The quantitative estimate of drug-likeness (QED) is 0.324. The zero-order valence-electron chi connectivity index (χ0n) is 18.8. The second kappa shape index (κ2) is 10.4. The van der Waals surface area contributed by atoms with Gasteiger partial charge in [-0.15, -0.1) is 0 Å². The van der Waals surface area contributed by atoms with Gasteiger partial charge in [-0.05, 0) is 26.0 Å². The lowest BCUT2D eigenvalue weighted by Gasteiger charge is -2.28. The molecule has 1 fully saturated rings. The lowest BCUT2D eigenvalue weighted by atomic mass is 10.1. The van der Waals surface area contributed by atoms with E-state index in [9.17, 15) is 32.8 Å². The Morgan fingerprint density at radius 1 is 1.26 bits per heavy atom. The van der Waals surface area contributed by atoms with Gasteiger partial charge >= 0.3 is 25.3 Å². The van der Waals surface area contributed by atoms with Gasteiger partial charge in [-0.3, -0.25) is 23.7 Å².